The summed E-state index contributed by atoms with van der Waals surface area (Å²) in [5, 5.41) is 0.899. The van der Waals surface area contributed by atoms with Gasteiger partial charge in [0, 0.05) is 21.6 Å². The molecule has 0 aromatic carbocycles. The summed E-state index contributed by atoms with van der Waals surface area (Å²) in [6.07, 6.45) is 4.00. The zero-order chi connectivity index (χ0) is 21.1. The number of nitrogens with two attached hydrogens (primary N) is 1. The molecule has 3 heterocycles. The molecule has 0 saturated carbocycles. The number of fused-ring (bicyclic) bond motifs is 5. The Kier molecular flexibility index (Phi) is 5.46. The molecule has 0 saturated heterocycles. The van der Waals surface area contributed by atoms with E-state index >= 15 is 0 Å². The van der Waals surface area contributed by atoms with E-state index in [0.717, 1.165) is 36.2 Å². The fraction of sp³-hybridized carbons (Fsp3) is 0.542. The lowest BCUT2D eigenvalue weighted by Gasteiger charge is -2.37. The van der Waals surface area contributed by atoms with E-state index < -0.39 is 5.41 Å². The van der Waals surface area contributed by atoms with Crippen molar-refractivity contribution in [1.82, 2.24) is 0 Å². The monoisotopic (exact) mass is 445 g/mol. The number of hydrogen-bond donors (Lipinski definition) is 1. The number of anilines is 1. The van der Waals surface area contributed by atoms with E-state index in [1.165, 1.54) is 35.2 Å². The first-order valence-electron chi connectivity index (χ1n) is 10.6. The predicted molar refractivity (Wildman–Crippen MR) is 131 cm³/mol. The van der Waals surface area contributed by atoms with E-state index in [0.29, 0.717) is 17.6 Å². The van der Waals surface area contributed by atoms with Gasteiger partial charge >= 0.3 is 0 Å². The lowest BCUT2D eigenvalue weighted by molar-refractivity contribution is 0.0851. The van der Waals surface area contributed by atoms with E-state index in [-0.39, 0.29) is 0 Å². The van der Waals surface area contributed by atoms with Crippen LogP contribution in [-0.4, -0.2) is 5.78 Å². The molecule has 1 aliphatic rings. The summed E-state index contributed by atoms with van der Waals surface area (Å²) < 4.78 is 2.57. The maximum Gasteiger partial charge on any atom is 0.174 e. The van der Waals surface area contributed by atoms with Crippen molar-refractivity contribution >= 4 is 54.2 Å². The Morgan fingerprint density at radius 2 is 1.55 bits per heavy atom. The average Bonchev–Trinajstić information content (AvgIpc) is 3.28. The zero-order valence-electron chi connectivity index (χ0n) is 18.3. The summed E-state index contributed by atoms with van der Waals surface area (Å²) in [5.41, 5.74) is 9.39. The van der Waals surface area contributed by atoms with Crippen molar-refractivity contribution in [3.8, 4) is 9.75 Å². The summed E-state index contributed by atoms with van der Waals surface area (Å²) in [4.78, 5) is 17.9. The SMILES string of the molecule is Cc1cc2c(s1)-c1sc3c(C)c(N)sc3c1C(CCC(C)C)(CCC(C)C)C2=O. The first-order chi connectivity index (χ1) is 13.7. The number of thiophene rings is 3. The van der Waals surface area contributed by atoms with Gasteiger partial charge in [0.15, 0.2) is 5.78 Å². The van der Waals surface area contributed by atoms with Crippen molar-refractivity contribution < 1.29 is 4.79 Å². The van der Waals surface area contributed by atoms with Crippen LogP contribution in [0.5, 0.6) is 0 Å². The van der Waals surface area contributed by atoms with Gasteiger partial charge in [-0.3, -0.25) is 4.79 Å². The number of carbonyl (C=O) groups excluding carboxylic acids is 1. The minimum Gasteiger partial charge on any atom is -0.390 e. The molecular weight excluding hydrogens is 414 g/mol. The van der Waals surface area contributed by atoms with Gasteiger partial charge in [0.1, 0.15) is 0 Å². The van der Waals surface area contributed by atoms with Crippen LogP contribution < -0.4 is 5.73 Å². The quantitative estimate of drug-likeness (QED) is 0.415. The molecule has 0 aliphatic heterocycles. The zero-order valence-corrected chi connectivity index (χ0v) is 20.7. The molecule has 3 aromatic rings. The van der Waals surface area contributed by atoms with Crippen molar-refractivity contribution in [2.75, 3.05) is 5.73 Å². The number of Topliss-reactive ketones (excluding diaryl/α,β-unsaturated/α-hetero) is 1. The van der Waals surface area contributed by atoms with Gasteiger partial charge in [-0.05, 0) is 57.4 Å². The van der Waals surface area contributed by atoms with Gasteiger partial charge in [-0.25, -0.2) is 0 Å². The van der Waals surface area contributed by atoms with Crippen LogP contribution in [0.1, 0.15) is 79.7 Å². The molecule has 0 bridgehead atoms. The molecule has 4 rings (SSSR count). The molecule has 0 amide bonds. The van der Waals surface area contributed by atoms with Crippen LogP contribution in [0.3, 0.4) is 0 Å². The molecule has 1 aliphatic carbocycles. The van der Waals surface area contributed by atoms with Gasteiger partial charge in [0.25, 0.3) is 0 Å². The van der Waals surface area contributed by atoms with Crippen LogP contribution in [0, 0.1) is 25.7 Å². The van der Waals surface area contributed by atoms with E-state index in [9.17, 15) is 4.79 Å². The van der Waals surface area contributed by atoms with Gasteiger partial charge in [-0.1, -0.05) is 27.7 Å². The highest BCUT2D eigenvalue weighted by Crippen LogP contribution is 2.59. The molecule has 29 heavy (non-hydrogen) atoms. The second kappa shape index (κ2) is 7.51. The molecule has 0 fully saturated rings. The van der Waals surface area contributed by atoms with Crippen LogP contribution in [0.2, 0.25) is 0 Å². The van der Waals surface area contributed by atoms with Crippen LogP contribution in [-0.2, 0) is 5.41 Å². The average molecular weight is 446 g/mol. The van der Waals surface area contributed by atoms with Crippen LogP contribution in [0.4, 0.5) is 5.00 Å². The van der Waals surface area contributed by atoms with Crippen molar-refractivity contribution in [3.63, 3.8) is 0 Å². The standard InChI is InChI=1S/C24H31NOS3/c1-12(2)7-9-24(10-8-13(3)4)17-20-18(15(6)23(25)29-20)28-21(17)19-16(22(24)26)11-14(5)27-19/h11-13H,7-10,25H2,1-6H3. The number of aryl methyl sites for hydroxylation is 2. The van der Waals surface area contributed by atoms with Crippen molar-refractivity contribution in [1.29, 1.82) is 0 Å². The highest BCUT2D eigenvalue weighted by molar-refractivity contribution is 7.33. The van der Waals surface area contributed by atoms with Crippen LogP contribution >= 0.6 is 34.0 Å². The summed E-state index contributed by atoms with van der Waals surface area (Å²) in [6, 6.07) is 2.14. The third-order valence-electron chi connectivity index (χ3n) is 6.30. The van der Waals surface area contributed by atoms with Crippen LogP contribution in [0.25, 0.3) is 19.2 Å². The Bertz CT molecular complexity index is 1070. The number of ketones is 1. The minimum atomic E-state index is -0.410. The number of rotatable bonds is 6. The minimum absolute atomic E-state index is 0.356. The van der Waals surface area contributed by atoms with Crippen molar-refractivity contribution in [3.05, 3.63) is 27.6 Å². The smallest absolute Gasteiger partial charge is 0.174 e. The maximum atomic E-state index is 14.2. The third kappa shape index (κ3) is 3.30. The van der Waals surface area contributed by atoms with Crippen molar-refractivity contribution in [2.24, 2.45) is 11.8 Å². The first kappa shape index (κ1) is 21.1. The highest BCUT2D eigenvalue weighted by atomic mass is 32.1. The summed E-state index contributed by atoms with van der Waals surface area (Å²) in [7, 11) is 0. The van der Waals surface area contributed by atoms with Crippen LogP contribution in [0.15, 0.2) is 6.07 Å². The summed E-state index contributed by atoms with van der Waals surface area (Å²) in [5.74, 6) is 1.52. The van der Waals surface area contributed by atoms with E-state index in [4.69, 9.17) is 5.73 Å². The third-order valence-corrected chi connectivity index (χ3v) is 10.1. The van der Waals surface area contributed by atoms with Crippen molar-refractivity contribution in [2.45, 2.75) is 72.6 Å². The molecule has 0 spiro atoms. The summed E-state index contributed by atoms with van der Waals surface area (Å²) in [6.45, 7) is 13.3. The molecule has 0 radical (unpaired) electrons. The Hall–Kier alpha value is -1.17. The van der Waals surface area contributed by atoms with E-state index in [2.05, 4.69) is 47.6 Å². The second-order valence-electron chi connectivity index (χ2n) is 9.43. The Labute approximate surface area is 186 Å². The van der Waals surface area contributed by atoms with Gasteiger partial charge in [-0.2, -0.15) is 0 Å². The molecule has 3 aromatic heterocycles. The Balaban J connectivity index is 2.03. The number of nitrogen functional groups attached to an aromatic ring is 1. The van der Waals surface area contributed by atoms with Gasteiger partial charge < -0.3 is 5.73 Å². The maximum absolute atomic E-state index is 14.2. The van der Waals surface area contributed by atoms with Gasteiger partial charge in [0.2, 0.25) is 0 Å². The number of hydrogen-bond acceptors (Lipinski definition) is 5. The van der Waals surface area contributed by atoms with Gasteiger partial charge in [-0.15, -0.1) is 34.0 Å². The Morgan fingerprint density at radius 3 is 2.14 bits per heavy atom. The van der Waals surface area contributed by atoms with Gasteiger partial charge in [0.05, 0.1) is 29.6 Å². The lowest BCUT2D eigenvalue weighted by atomic mass is 9.64. The molecule has 0 unspecified atom stereocenters. The fourth-order valence-electron chi connectivity index (χ4n) is 4.55. The first-order valence-corrected chi connectivity index (χ1v) is 13.1. The molecule has 0 atom stereocenters. The predicted octanol–water partition coefficient (Wildman–Crippen LogP) is 8.20. The fourth-order valence-corrected chi connectivity index (χ4v) is 8.52. The number of carbonyl (C=O) groups is 1. The van der Waals surface area contributed by atoms with E-state index in [1.807, 2.05) is 11.3 Å². The molecule has 5 heteroatoms. The summed E-state index contributed by atoms with van der Waals surface area (Å²) >= 11 is 5.34. The molecule has 2 N–H and O–H groups in total. The largest absolute Gasteiger partial charge is 0.390 e. The topological polar surface area (TPSA) is 43.1 Å². The second-order valence-corrected chi connectivity index (χ2v) is 12.8. The normalized spacial score (nSPS) is 15.5. The Morgan fingerprint density at radius 1 is 0.931 bits per heavy atom. The molecule has 2 nitrogen and oxygen atoms in total. The lowest BCUT2D eigenvalue weighted by Crippen LogP contribution is -2.39. The van der Waals surface area contributed by atoms with E-state index in [1.54, 1.807) is 22.7 Å². The highest BCUT2D eigenvalue weighted by Gasteiger charge is 2.49. The molecule has 156 valence electrons. The molecular formula is C24H31NOS3.